The van der Waals surface area contributed by atoms with E-state index in [0.717, 1.165) is 5.69 Å². The molecule has 0 fully saturated rings. The Morgan fingerprint density at radius 2 is 2.24 bits per heavy atom. The zero-order chi connectivity index (χ0) is 14.7. The summed E-state index contributed by atoms with van der Waals surface area (Å²) in [5, 5.41) is 17.7. The van der Waals surface area contributed by atoms with Gasteiger partial charge in [0.25, 0.3) is 0 Å². The molecule has 21 heavy (non-hydrogen) atoms. The highest BCUT2D eigenvalue weighted by Gasteiger charge is 2.11. The third kappa shape index (κ3) is 2.89. The van der Waals surface area contributed by atoms with E-state index < -0.39 is 4.92 Å². The van der Waals surface area contributed by atoms with Crippen LogP contribution in [0.1, 0.15) is 5.76 Å². The maximum Gasteiger partial charge on any atom is 0.433 e. The van der Waals surface area contributed by atoms with Gasteiger partial charge in [-0.3, -0.25) is 10.1 Å². The fourth-order valence-corrected chi connectivity index (χ4v) is 1.78. The van der Waals surface area contributed by atoms with Crippen molar-refractivity contribution in [2.24, 2.45) is 0 Å². The predicted molar refractivity (Wildman–Crippen MR) is 74.0 cm³/mol. The molecule has 0 spiro atoms. The second-order valence-electron chi connectivity index (χ2n) is 4.21. The highest BCUT2D eigenvalue weighted by atomic mass is 16.6. The number of nitrogens with zero attached hydrogens (tertiary/aromatic N) is 4. The van der Waals surface area contributed by atoms with Gasteiger partial charge in [0.15, 0.2) is 5.82 Å². The van der Waals surface area contributed by atoms with Crippen LogP contribution in [-0.4, -0.2) is 19.7 Å². The van der Waals surface area contributed by atoms with Crippen LogP contribution in [0.2, 0.25) is 0 Å². The van der Waals surface area contributed by atoms with Crippen LogP contribution >= 0.6 is 0 Å². The maximum absolute atomic E-state index is 10.5. The molecular formula is C13H11N5O3. The summed E-state index contributed by atoms with van der Waals surface area (Å²) in [5.41, 5.74) is 0.782. The van der Waals surface area contributed by atoms with E-state index in [0.29, 0.717) is 18.1 Å². The molecule has 0 amide bonds. The Labute approximate surface area is 119 Å². The molecule has 0 saturated carbocycles. The van der Waals surface area contributed by atoms with E-state index in [1.807, 2.05) is 18.2 Å². The van der Waals surface area contributed by atoms with Crippen molar-refractivity contribution in [1.29, 1.82) is 0 Å². The Kier molecular flexibility index (Phi) is 3.34. The van der Waals surface area contributed by atoms with E-state index in [4.69, 9.17) is 4.42 Å². The van der Waals surface area contributed by atoms with Crippen molar-refractivity contribution >= 4 is 11.6 Å². The van der Waals surface area contributed by atoms with Crippen molar-refractivity contribution in [3.63, 3.8) is 0 Å². The second kappa shape index (κ2) is 5.45. The van der Waals surface area contributed by atoms with Crippen LogP contribution in [0.4, 0.5) is 11.6 Å². The minimum atomic E-state index is -0.566. The lowest BCUT2D eigenvalue weighted by atomic mass is 10.3. The van der Waals surface area contributed by atoms with Gasteiger partial charge in [0.1, 0.15) is 10.7 Å². The Morgan fingerprint density at radius 3 is 2.86 bits per heavy atom. The van der Waals surface area contributed by atoms with Crippen molar-refractivity contribution in [3.05, 3.63) is 64.8 Å². The third-order valence-corrected chi connectivity index (χ3v) is 2.78. The molecule has 0 aliphatic rings. The molecule has 1 N–H and O–H groups in total. The van der Waals surface area contributed by atoms with Crippen LogP contribution in [0.15, 0.2) is 53.3 Å². The number of aromatic nitrogens is 3. The minimum absolute atomic E-state index is 0.265. The van der Waals surface area contributed by atoms with Gasteiger partial charge in [-0.15, -0.1) is 0 Å². The fraction of sp³-hybridized carbons (Fsp3) is 0.0769. The van der Waals surface area contributed by atoms with Crippen LogP contribution in [0.3, 0.4) is 0 Å². The predicted octanol–water partition coefficient (Wildman–Crippen LogP) is 2.38. The van der Waals surface area contributed by atoms with E-state index in [9.17, 15) is 10.1 Å². The maximum atomic E-state index is 10.5. The van der Waals surface area contributed by atoms with Crippen molar-refractivity contribution in [1.82, 2.24) is 14.8 Å². The molecule has 3 heterocycles. The van der Waals surface area contributed by atoms with Crippen molar-refractivity contribution in [2.75, 3.05) is 5.32 Å². The van der Waals surface area contributed by atoms with Gasteiger partial charge in [-0.25, -0.2) is 9.67 Å². The number of hydrogen-bond acceptors (Lipinski definition) is 6. The van der Waals surface area contributed by atoms with Gasteiger partial charge in [0.05, 0.1) is 24.5 Å². The lowest BCUT2D eigenvalue weighted by molar-refractivity contribution is -0.402. The first kappa shape index (κ1) is 12.9. The number of nitro groups is 1. The summed E-state index contributed by atoms with van der Waals surface area (Å²) in [6.45, 7) is 0.344. The topological polar surface area (TPSA) is 99.0 Å². The van der Waals surface area contributed by atoms with E-state index in [-0.39, 0.29) is 5.88 Å². The number of nitrogens with one attached hydrogen (secondary N) is 1. The summed E-state index contributed by atoms with van der Waals surface area (Å²) >= 11 is 0. The zero-order valence-corrected chi connectivity index (χ0v) is 10.8. The molecule has 3 rings (SSSR count). The summed E-state index contributed by atoms with van der Waals surface area (Å²) < 4.78 is 6.71. The molecule has 0 aliphatic heterocycles. The second-order valence-corrected chi connectivity index (χ2v) is 4.21. The smallest absolute Gasteiger partial charge is 0.404 e. The number of hydrogen-bond donors (Lipinski definition) is 1. The van der Waals surface area contributed by atoms with Gasteiger partial charge >= 0.3 is 5.88 Å². The fourth-order valence-electron chi connectivity index (χ4n) is 1.78. The molecule has 8 heteroatoms. The quantitative estimate of drug-likeness (QED) is 0.570. The van der Waals surface area contributed by atoms with Crippen molar-refractivity contribution < 1.29 is 9.34 Å². The molecular weight excluding hydrogens is 274 g/mol. The third-order valence-electron chi connectivity index (χ3n) is 2.78. The van der Waals surface area contributed by atoms with Gasteiger partial charge in [-0.1, -0.05) is 0 Å². The van der Waals surface area contributed by atoms with Crippen LogP contribution in [0, 0.1) is 10.1 Å². The highest BCUT2D eigenvalue weighted by molar-refractivity contribution is 5.43. The van der Waals surface area contributed by atoms with Gasteiger partial charge in [-0.05, 0) is 24.3 Å². The van der Waals surface area contributed by atoms with Gasteiger partial charge in [0.2, 0.25) is 0 Å². The average Bonchev–Trinajstić information content (AvgIpc) is 3.17. The Hall–Kier alpha value is -3.16. The number of rotatable bonds is 5. The van der Waals surface area contributed by atoms with Crippen molar-refractivity contribution in [3.8, 4) is 5.82 Å². The van der Waals surface area contributed by atoms with E-state index in [1.165, 1.54) is 6.07 Å². The first-order valence-electron chi connectivity index (χ1n) is 6.15. The van der Waals surface area contributed by atoms with Gasteiger partial charge < -0.3 is 9.73 Å². The summed E-state index contributed by atoms with van der Waals surface area (Å²) in [4.78, 5) is 14.2. The number of pyridine rings is 1. The SMILES string of the molecule is O=[N+]([O-])c1ccc(CNc2ccc(-n3cccn3)nc2)o1. The molecule has 106 valence electrons. The number of furan rings is 1. The molecule has 0 aliphatic carbocycles. The summed E-state index contributed by atoms with van der Waals surface area (Å²) in [6.07, 6.45) is 5.14. The summed E-state index contributed by atoms with van der Waals surface area (Å²) in [5.74, 6) is 0.927. The molecule has 0 atom stereocenters. The number of anilines is 1. The van der Waals surface area contributed by atoms with Crippen LogP contribution in [-0.2, 0) is 6.54 Å². The Morgan fingerprint density at radius 1 is 1.33 bits per heavy atom. The largest absolute Gasteiger partial charge is 0.433 e. The van der Waals surface area contributed by atoms with Crippen LogP contribution in [0.5, 0.6) is 0 Å². The molecule has 0 bridgehead atoms. The minimum Gasteiger partial charge on any atom is -0.404 e. The summed E-state index contributed by atoms with van der Waals surface area (Å²) in [6, 6.07) is 8.38. The lowest BCUT2D eigenvalue weighted by Gasteiger charge is -2.05. The first-order valence-corrected chi connectivity index (χ1v) is 6.15. The molecule has 3 aromatic rings. The Bertz CT molecular complexity index is 734. The average molecular weight is 285 g/mol. The summed E-state index contributed by atoms with van der Waals surface area (Å²) in [7, 11) is 0. The van der Waals surface area contributed by atoms with Crippen LogP contribution < -0.4 is 5.32 Å². The molecule has 0 saturated heterocycles. The molecule has 0 radical (unpaired) electrons. The standard InChI is InChI=1S/C13H11N5O3/c19-18(20)13-5-3-11(21-13)9-14-10-2-4-12(15-8-10)17-7-1-6-16-17/h1-8,14H,9H2. The first-order chi connectivity index (χ1) is 10.2. The van der Waals surface area contributed by atoms with Crippen molar-refractivity contribution in [2.45, 2.75) is 6.54 Å². The van der Waals surface area contributed by atoms with Crippen LogP contribution in [0.25, 0.3) is 5.82 Å². The van der Waals surface area contributed by atoms with E-state index in [2.05, 4.69) is 15.4 Å². The van der Waals surface area contributed by atoms with Gasteiger partial charge in [0, 0.05) is 12.4 Å². The lowest BCUT2D eigenvalue weighted by Crippen LogP contribution is -2.01. The van der Waals surface area contributed by atoms with E-state index >= 15 is 0 Å². The molecule has 0 aromatic carbocycles. The Balaban J connectivity index is 1.64. The molecule has 3 aromatic heterocycles. The molecule has 0 unspecified atom stereocenters. The monoisotopic (exact) mass is 285 g/mol. The van der Waals surface area contributed by atoms with E-state index in [1.54, 1.807) is 29.3 Å². The van der Waals surface area contributed by atoms with Gasteiger partial charge in [-0.2, -0.15) is 5.10 Å². The molecule has 8 nitrogen and oxygen atoms in total. The zero-order valence-electron chi connectivity index (χ0n) is 10.8. The highest BCUT2D eigenvalue weighted by Crippen LogP contribution is 2.17. The normalized spacial score (nSPS) is 10.5.